The molecule has 0 amide bonds. The first-order valence-electron chi connectivity index (χ1n) is 5.49. The molecule has 2 rings (SSSR count). The lowest BCUT2D eigenvalue weighted by molar-refractivity contribution is 0.164. The number of aliphatic hydroxyl groups is 1. The van der Waals surface area contributed by atoms with Crippen LogP contribution in [0.15, 0.2) is 24.3 Å². The van der Waals surface area contributed by atoms with Gasteiger partial charge in [-0.3, -0.25) is 0 Å². The maximum absolute atomic E-state index is 9.69. The van der Waals surface area contributed by atoms with E-state index in [4.69, 9.17) is 5.73 Å². The first kappa shape index (κ1) is 10.3. The summed E-state index contributed by atoms with van der Waals surface area (Å²) in [5.74, 6) is 0. The average molecular weight is 206 g/mol. The van der Waals surface area contributed by atoms with E-state index in [-0.39, 0.29) is 12.1 Å². The molecule has 1 aliphatic heterocycles. The number of para-hydroxylation sites is 2. The van der Waals surface area contributed by atoms with E-state index >= 15 is 0 Å². The summed E-state index contributed by atoms with van der Waals surface area (Å²) in [6.45, 7) is 2.84. The van der Waals surface area contributed by atoms with Gasteiger partial charge >= 0.3 is 0 Å². The van der Waals surface area contributed by atoms with Crippen LogP contribution in [0.25, 0.3) is 0 Å². The molecule has 1 aromatic rings. The second-order valence-electron chi connectivity index (χ2n) is 4.20. The van der Waals surface area contributed by atoms with Crippen LogP contribution in [0.3, 0.4) is 0 Å². The number of rotatable bonds is 2. The fraction of sp³-hybridized carbons (Fsp3) is 0.500. The average Bonchev–Trinajstić information content (AvgIpc) is 2.67. The fourth-order valence-electron chi connectivity index (χ4n) is 2.34. The molecule has 0 bridgehead atoms. The molecule has 0 saturated carbocycles. The first-order chi connectivity index (χ1) is 7.20. The molecule has 1 aliphatic rings. The quantitative estimate of drug-likeness (QED) is 0.723. The van der Waals surface area contributed by atoms with Crippen molar-refractivity contribution >= 4 is 11.4 Å². The second-order valence-corrected chi connectivity index (χ2v) is 4.20. The fourth-order valence-corrected chi connectivity index (χ4v) is 2.34. The van der Waals surface area contributed by atoms with Crippen molar-refractivity contribution in [1.29, 1.82) is 0 Å². The van der Waals surface area contributed by atoms with E-state index in [9.17, 15) is 5.11 Å². The lowest BCUT2D eigenvalue weighted by Crippen LogP contribution is -2.37. The number of nitrogens with zero attached hydrogens (tertiary/aromatic N) is 1. The van der Waals surface area contributed by atoms with E-state index in [2.05, 4.69) is 4.90 Å². The minimum absolute atomic E-state index is 0.217. The van der Waals surface area contributed by atoms with Gasteiger partial charge < -0.3 is 15.7 Å². The number of hydrogen-bond donors (Lipinski definition) is 2. The van der Waals surface area contributed by atoms with Gasteiger partial charge in [0.25, 0.3) is 0 Å². The van der Waals surface area contributed by atoms with Crippen LogP contribution in [-0.2, 0) is 0 Å². The van der Waals surface area contributed by atoms with Crippen LogP contribution in [-0.4, -0.2) is 23.8 Å². The monoisotopic (exact) mass is 206 g/mol. The Morgan fingerprint density at radius 1 is 1.47 bits per heavy atom. The van der Waals surface area contributed by atoms with Crippen molar-refractivity contribution in [3.8, 4) is 0 Å². The summed E-state index contributed by atoms with van der Waals surface area (Å²) in [6, 6.07) is 8.08. The molecule has 0 spiro atoms. The van der Waals surface area contributed by atoms with E-state index in [1.165, 1.54) is 0 Å². The molecule has 2 atom stereocenters. The number of nitrogens with two attached hydrogens (primary N) is 1. The molecule has 0 aromatic heterocycles. The lowest BCUT2D eigenvalue weighted by Gasteiger charge is -2.29. The predicted octanol–water partition coefficient (Wildman–Crippen LogP) is 1.62. The maximum Gasteiger partial charge on any atom is 0.0715 e. The third-order valence-corrected chi connectivity index (χ3v) is 3.10. The van der Waals surface area contributed by atoms with Crippen LogP contribution < -0.4 is 10.6 Å². The van der Waals surface area contributed by atoms with E-state index in [1.54, 1.807) is 0 Å². The van der Waals surface area contributed by atoms with Gasteiger partial charge in [0.15, 0.2) is 0 Å². The molecule has 3 nitrogen and oxygen atoms in total. The molecule has 1 heterocycles. The molecule has 1 fully saturated rings. The molecule has 82 valence electrons. The second kappa shape index (κ2) is 4.11. The van der Waals surface area contributed by atoms with Crippen molar-refractivity contribution in [3.63, 3.8) is 0 Å². The van der Waals surface area contributed by atoms with Crippen molar-refractivity contribution < 1.29 is 5.11 Å². The van der Waals surface area contributed by atoms with E-state index in [0.717, 1.165) is 30.8 Å². The Hall–Kier alpha value is -1.22. The van der Waals surface area contributed by atoms with Gasteiger partial charge in [-0.1, -0.05) is 12.1 Å². The number of nitrogen functional groups attached to an aromatic ring is 1. The number of hydrogen-bond acceptors (Lipinski definition) is 3. The Bertz CT molecular complexity index is 338. The summed E-state index contributed by atoms with van der Waals surface area (Å²) in [6.07, 6.45) is 1.88. The van der Waals surface area contributed by atoms with Crippen LogP contribution in [0, 0.1) is 0 Å². The summed E-state index contributed by atoms with van der Waals surface area (Å²) in [5.41, 5.74) is 7.79. The van der Waals surface area contributed by atoms with Crippen LogP contribution >= 0.6 is 0 Å². The Kier molecular flexibility index (Phi) is 2.82. The minimum atomic E-state index is -0.299. The van der Waals surface area contributed by atoms with E-state index in [0.29, 0.717) is 0 Å². The highest BCUT2D eigenvalue weighted by Gasteiger charge is 2.29. The number of anilines is 2. The third-order valence-electron chi connectivity index (χ3n) is 3.10. The first-order valence-corrected chi connectivity index (χ1v) is 5.49. The van der Waals surface area contributed by atoms with Crippen LogP contribution in [0.2, 0.25) is 0 Å². The van der Waals surface area contributed by atoms with Gasteiger partial charge in [0.05, 0.1) is 23.5 Å². The van der Waals surface area contributed by atoms with Gasteiger partial charge in [-0.2, -0.15) is 0 Å². The lowest BCUT2D eigenvalue weighted by atomic mass is 10.1. The Balaban J connectivity index is 2.27. The van der Waals surface area contributed by atoms with Crippen molar-refractivity contribution in [1.82, 2.24) is 0 Å². The van der Waals surface area contributed by atoms with Crippen molar-refractivity contribution in [2.45, 2.75) is 31.9 Å². The summed E-state index contributed by atoms with van der Waals surface area (Å²) >= 11 is 0. The molecular weight excluding hydrogens is 188 g/mol. The van der Waals surface area contributed by atoms with Gasteiger partial charge in [-0.25, -0.2) is 0 Å². The molecule has 3 heteroatoms. The third kappa shape index (κ3) is 1.92. The standard InChI is InChI=1S/C12H18N2O/c1-9(15)11-7-4-8-14(11)12-6-3-2-5-10(12)13/h2-3,5-6,9,11,15H,4,7-8,13H2,1H3/t9-,11-/m0/s1. The smallest absolute Gasteiger partial charge is 0.0715 e. The van der Waals surface area contributed by atoms with Gasteiger partial charge in [0.1, 0.15) is 0 Å². The SMILES string of the molecule is C[C@H](O)[C@@H]1CCCN1c1ccccc1N. The zero-order chi connectivity index (χ0) is 10.8. The molecule has 0 radical (unpaired) electrons. The van der Waals surface area contributed by atoms with Gasteiger partial charge in [0.2, 0.25) is 0 Å². The largest absolute Gasteiger partial charge is 0.397 e. The van der Waals surface area contributed by atoms with E-state index < -0.39 is 0 Å². The normalized spacial score (nSPS) is 23.1. The van der Waals surface area contributed by atoms with Gasteiger partial charge in [-0.15, -0.1) is 0 Å². The summed E-state index contributed by atoms with van der Waals surface area (Å²) < 4.78 is 0. The molecule has 0 aliphatic carbocycles. The van der Waals surface area contributed by atoms with Crippen LogP contribution in [0.4, 0.5) is 11.4 Å². The highest BCUT2D eigenvalue weighted by molar-refractivity contribution is 5.68. The molecule has 3 N–H and O–H groups in total. The zero-order valence-corrected chi connectivity index (χ0v) is 9.06. The van der Waals surface area contributed by atoms with Crippen molar-refractivity contribution in [3.05, 3.63) is 24.3 Å². The Labute approximate surface area is 90.5 Å². The predicted molar refractivity (Wildman–Crippen MR) is 62.9 cm³/mol. The maximum atomic E-state index is 9.69. The van der Waals surface area contributed by atoms with Crippen LogP contribution in [0.5, 0.6) is 0 Å². The molecular formula is C12H18N2O. The van der Waals surface area contributed by atoms with Crippen molar-refractivity contribution in [2.75, 3.05) is 17.2 Å². The highest BCUT2D eigenvalue weighted by Crippen LogP contribution is 2.31. The van der Waals surface area contributed by atoms with Crippen molar-refractivity contribution in [2.24, 2.45) is 0 Å². The van der Waals surface area contributed by atoms with E-state index in [1.807, 2.05) is 31.2 Å². The molecule has 1 saturated heterocycles. The molecule has 1 aromatic carbocycles. The van der Waals surface area contributed by atoms with Gasteiger partial charge in [-0.05, 0) is 31.9 Å². The minimum Gasteiger partial charge on any atom is -0.397 e. The molecule has 0 unspecified atom stereocenters. The number of benzene rings is 1. The number of aliphatic hydroxyl groups excluding tert-OH is 1. The zero-order valence-electron chi connectivity index (χ0n) is 9.06. The highest BCUT2D eigenvalue weighted by atomic mass is 16.3. The summed E-state index contributed by atoms with van der Waals surface area (Å²) in [5, 5.41) is 9.69. The van der Waals surface area contributed by atoms with Gasteiger partial charge in [0, 0.05) is 6.54 Å². The topological polar surface area (TPSA) is 49.5 Å². The summed E-state index contributed by atoms with van der Waals surface area (Å²) in [7, 11) is 0. The van der Waals surface area contributed by atoms with Crippen LogP contribution in [0.1, 0.15) is 19.8 Å². The molecule has 15 heavy (non-hydrogen) atoms. The Morgan fingerprint density at radius 2 is 2.20 bits per heavy atom. The summed E-state index contributed by atoms with van der Waals surface area (Å²) in [4.78, 5) is 2.22. The Morgan fingerprint density at radius 3 is 2.87 bits per heavy atom.